The number of rotatable bonds is 4. The van der Waals surface area contributed by atoms with E-state index in [1.165, 1.54) is 0 Å². The van der Waals surface area contributed by atoms with Gasteiger partial charge in [0.2, 0.25) is 5.95 Å². The van der Waals surface area contributed by atoms with Crippen LogP contribution in [-0.4, -0.2) is 27.5 Å². The van der Waals surface area contributed by atoms with Gasteiger partial charge >= 0.3 is 0 Å². The van der Waals surface area contributed by atoms with E-state index in [4.69, 9.17) is 18.0 Å². The second-order valence-electron chi connectivity index (χ2n) is 4.33. The van der Waals surface area contributed by atoms with Gasteiger partial charge in [-0.25, -0.2) is 9.97 Å². The Kier molecular flexibility index (Phi) is 3.80. The summed E-state index contributed by atoms with van der Waals surface area (Å²) in [5.41, 5.74) is 6.17. The highest BCUT2D eigenvalue weighted by atomic mass is 32.1. The van der Waals surface area contributed by atoms with Crippen molar-refractivity contribution in [3.05, 3.63) is 18.0 Å². The molecule has 0 radical (unpaired) electrons. The fourth-order valence-electron chi connectivity index (χ4n) is 1.16. The zero-order valence-corrected chi connectivity index (χ0v) is 11.0. The third kappa shape index (κ3) is 2.66. The van der Waals surface area contributed by atoms with Gasteiger partial charge in [0.1, 0.15) is 10.7 Å². The Bertz CT molecular complexity index is 389. The summed E-state index contributed by atoms with van der Waals surface area (Å²) < 4.78 is 0. The molecule has 16 heavy (non-hydrogen) atoms. The quantitative estimate of drug-likeness (QED) is 0.810. The number of thiocarbonyl (C=S) groups is 1. The van der Waals surface area contributed by atoms with Crippen LogP contribution in [0.25, 0.3) is 0 Å². The summed E-state index contributed by atoms with van der Waals surface area (Å²) in [4.78, 5) is 10.9. The largest absolute Gasteiger partial charge is 0.388 e. The summed E-state index contributed by atoms with van der Waals surface area (Å²) in [6.45, 7) is 6.42. The van der Waals surface area contributed by atoms with Crippen LogP contribution in [0.4, 0.5) is 5.95 Å². The van der Waals surface area contributed by atoms with E-state index in [9.17, 15) is 0 Å². The van der Waals surface area contributed by atoms with Crippen molar-refractivity contribution in [2.45, 2.75) is 32.7 Å². The molecule has 0 fully saturated rings. The second kappa shape index (κ2) is 4.74. The lowest BCUT2D eigenvalue weighted by molar-refractivity contribution is 0.463. The van der Waals surface area contributed by atoms with Crippen molar-refractivity contribution in [1.29, 1.82) is 0 Å². The monoisotopic (exact) mass is 238 g/mol. The lowest BCUT2D eigenvalue weighted by Gasteiger charge is -2.34. The average Bonchev–Trinajstić information content (AvgIpc) is 2.28. The SMILES string of the molecule is CCC(C)(C)N(C)c1nccc(C(N)=S)n1. The molecular weight excluding hydrogens is 220 g/mol. The molecule has 88 valence electrons. The van der Waals surface area contributed by atoms with Crippen molar-refractivity contribution in [2.24, 2.45) is 5.73 Å². The fourth-order valence-corrected chi connectivity index (χ4v) is 1.27. The van der Waals surface area contributed by atoms with E-state index in [1.54, 1.807) is 12.3 Å². The molecule has 4 nitrogen and oxygen atoms in total. The third-order valence-corrected chi connectivity index (χ3v) is 3.18. The molecule has 0 aliphatic rings. The van der Waals surface area contributed by atoms with Crippen molar-refractivity contribution in [1.82, 2.24) is 9.97 Å². The molecule has 5 heteroatoms. The van der Waals surface area contributed by atoms with Crippen LogP contribution < -0.4 is 10.6 Å². The molecule has 0 aliphatic heterocycles. The molecule has 0 bridgehead atoms. The molecule has 0 aliphatic carbocycles. The van der Waals surface area contributed by atoms with Gasteiger partial charge in [-0.15, -0.1) is 0 Å². The zero-order valence-electron chi connectivity index (χ0n) is 10.2. The molecule has 1 rings (SSSR count). The summed E-state index contributed by atoms with van der Waals surface area (Å²) >= 11 is 4.90. The molecule has 2 N–H and O–H groups in total. The number of nitrogens with two attached hydrogens (primary N) is 1. The third-order valence-electron chi connectivity index (χ3n) is 2.97. The van der Waals surface area contributed by atoms with Gasteiger partial charge in [0.15, 0.2) is 0 Å². The van der Waals surface area contributed by atoms with Gasteiger partial charge in [-0.2, -0.15) is 0 Å². The lowest BCUT2D eigenvalue weighted by atomic mass is 10.0. The van der Waals surface area contributed by atoms with E-state index < -0.39 is 0 Å². The minimum atomic E-state index is 0.00877. The standard InChI is InChI=1S/C11H18N4S/c1-5-11(2,3)15(4)10-13-7-6-8(14-10)9(12)16/h6-7H,5H2,1-4H3,(H2,12,16). The summed E-state index contributed by atoms with van der Waals surface area (Å²) in [7, 11) is 1.97. The van der Waals surface area contributed by atoms with Gasteiger partial charge in [0, 0.05) is 18.8 Å². The van der Waals surface area contributed by atoms with E-state index in [0.29, 0.717) is 16.6 Å². The summed E-state index contributed by atoms with van der Waals surface area (Å²) in [6.07, 6.45) is 2.68. The first kappa shape index (κ1) is 12.8. The van der Waals surface area contributed by atoms with Crippen molar-refractivity contribution < 1.29 is 0 Å². The fraction of sp³-hybridized carbons (Fsp3) is 0.545. The molecule has 0 unspecified atom stereocenters. The number of anilines is 1. The van der Waals surface area contributed by atoms with Crippen LogP contribution in [0.3, 0.4) is 0 Å². The lowest BCUT2D eigenvalue weighted by Crippen LogP contribution is -2.41. The van der Waals surface area contributed by atoms with Gasteiger partial charge in [-0.1, -0.05) is 19.1 Å². The van der Waals surface area contributed by atoms with Crippen molar-refractivity contribution >= 4 is 23.2 Å². The Hall–Kier alpha value is -1.23. The number of nitrogens with zero attached hydrogens (tertiary/aromatic N) is 3. The molecule has 0 amide bonds. The maximum atomic E-state index is 5.55. The second-order valence-corrected chi connectivity index (χ2v) is 4.77. The van der Waals surface area contributed by atoms with Gasteiger partial charge in [-0.3, -0.25) is 0 Å². The predicted molar refractivity (Wildman–Crippen MR) is 70.7 cm³/mol. The van der Waals surface area contributed by atoms with E-state index in [2.05, 4.69) is 30.7 Å². The van der Waals surface area contributed by atoms with Crippen molar-refractivity contribution in [3.63, 3.8) is 0 Å². The average molecular weight is 238 g/mol. The van der Waals surface area contributed by atoms with Crippen LogP contribution in [0.1, 0.15) is 32.9 Å². The number of hydrogen-bond donors (Lipinski definition) is 1. The Morgan fingerprint density at radius 1 is 1.56 bits per heavy atom. The number of aromatic nitrogens is 2. The summed E-state index contributed by atoms with van der Waals surface area (Å²) in [6, 6.07) is 1.72. The van der Waals surface area contributed by atoms with Gasteiger partial charge in [-0.05, 0) is 26.3 Å². The highest BCUT2D eigenvalue weighted by Gasteiger charge is 2.23. The van der Waals surface area contributed by atoms with Crippen LogP contribution in [0, 0.1) is 0 Å². The van der Waals surface area contributed by atoms with Crippen molar-refractivity contribution in [3.8, 4) is 0 Å². The molecular formula is C11H18N4S. The maximum absolute atomic E-state index is 5.55. The van der Waals surface area contributed by atoms with E-state index in [-0.39, 0.29) is 5.54 Å². The molecule has 1 aromatic heterocycles. The smallest absolute Gasteiger partial charge is 0.226 e. The normalized spacial score (nSPS) is 11.2. The molecule has 0 saturated heterocycles. The minimum Gasteiger partial charge on any atom is -0.388 e. The maximum Gasteiger partial charge on any atom is 0.226 e. The zero-order chi connectivity index (χ0) is 12.3. The first-order valence-electron chi connectivity index (χ1n) is 5.25. The van der Waals surface area contributed by atoms with Crippen LogP contribution >= 0.6 is 12.2 Å². The number of hydrogen-bond acceptors (Lipinski definition) is 4. The predicted octanol–water partition coefficient (Wildman–Crippen LogP) is 1.74. The Morgan fingerprint density at radius 3 is 2.69 bits per heavy atom. The van der Waals surface area contributed by atoms with Gasteiger partial charge in [0.25, 0.3) is 0 Å². The first-order chi connectivity index (χ1) is 7.38. The molecule has 0 aromatic carbocycles. The first-order valence-corrected chi connectivity index (χ1v) is 5.66. The molecule has 0 atom stereocenters. The van der Waals surface area contributed by atoms with Gasteiger partial charge in [0.05, 0.1) is 0 Å². The van der Waals surface area contributed by atoms with Crippen molar-refractivity contribution in [2.75, 3.05) is 11.9 Å². The molecule has 1 heterocycles. The van der Waals surface area contributed by atoms with Crippen LogP contribution in [-0.2, 0) is 0 Å². The molecule has 0 saturated carbocycles. The topological polar surface area (TPSA) is 55.0 Å². The van der Waals surface area contributed by atoms with E-state index >= 15 is 0 Å². The highest BCUT2D eigenvalue weighted by molar-refractivity contribution is 7.80. The summed E-state index contributed by atoms with van der Waals surface area (Å²) in [5.74, 6) is 0.650. The minimum absolute atomic E-state index is 0.00877. The Morgan fingerprint density at radius 2 is 2.19 bits per heavy atom. The highest BCUT2D eigenvalue weighted by Crippen LogP contribution is 2.21. The summed E-state index contributed by atoms with van der Waals surface area (Å²) in [5, 5.41) is 0. The van der Waals surface area contributed by atoms with Gasteiger partial charge < -0.3 is 10.6 Å². The Labute approximate surface area is 102 Å². The van der Waals surface area contributed by atoms with Crippen LogP contribution in [0.5, 0.6) is 0 Å². The van der Waals surface area contributed by atoms with Crippen LogP contribution in [0.15, 0.2) is 12.3 Å². The van der Waals surface area contributed by atoms with E-state index in [0.717, 1.165) is 6.42 Å². The van der Waals surface area contributed by atoms with E-state index in [1.807, 2.05) is 11.9 Å². The molecule has 0 spiro atoms. The molecule has 1 aromatic rings. The Balaban J connectivity index is 3.05. The van der Waals surface area contributed by atoms with Crippen LogP contribution in [0.2, 0.25) is 0 Å².